The molecule has 4 heteroatoms. The molecule has 1 aliphatic carbocycles. The molecule has 152 valence electrons. The summed E-state index contributed by atoms with van der Waals surface area (Å²) in [4.78, 5) is 13.4. The highest BCUT2D eigenvalue weighted by Gasteiger charge is 2.42. The Morgan fingerprint density at radius 3 is 2.50 bits per heavy atom. The lowest BCUT2D eigenvalue weighted by Gasteiger charge is -2.38. The molecule has 0 N–H and O–H groups in total. The lowest BCUT2D eigenvalue weighted by Crippen LogP contribution is -2.33. The Hall–Kier alpha value is -2.78. The number of rotatable bonds is 2. The monoisotopic (exact) mass is 418 g/mol. The number of ether oxygens (including phenoxy) is 2. The van der Waals surface area contributed by atoms with Crippen molar-refractivity contribution in [3.63, 3.8) is 0 Å². The van der Waals surface area contributed by atoms with Gasteiger partial charge in [0.1, 0.15) is 17.3 Å². The van der Waals surface area contributed by atoms with E-state index in [9.17, 15) is 4.79 Å². The number of halogens is 1. The number of hydrogen-bond acceptors (Lipinski definition) is 3. The van der Waals surface area contributed by atoms with Gasteiger partial charge >= 0.3 is 0 Å². The molecule has 30 heavy (non-hydrogen) atoms. The number of carbonyl (C=O) groups is 1. The molecule has 3 aromatic rings. The predicted octanol–water partition coefficient (Wildman–Crippen LogP) is 6.67. The molecule has 1 atom stereocenters. The van der Waals surface area contributed by atoms with Crippen LogP contribution in [0.15, 0.2) is 65.9 Å². The van der Waals surface area contributed by atoms with Crippen molar-refractivity contribution in [3.8, 4) is 11.5 Å². The van der Waals surface area contributed by atoms with Gasteiger partial charge in [0.05, 0.1) is 7.11 Å². The van der Waals surface area contributed by atoms with Crippen LogP contribution in [0, 0.1) is 5.41 Å². The Morgan fingerprint density at radius 2 is 1.77 bits per heavy atom. The Bertz CT molecular complexity index is 1200. The van der Waals surface area contributed by atoms with Crippen LogP contribution in [0.2, 0.25) is 5.02 Å². The third-order valence-electron chi connectivity index (χ3n) is 6.12. The van der Waals surface area contributed by atoms with E-state index in [0.29, 0.717) is 11.4 Å². The van der Waals surface area contributed by atoms with E-state index in [1.54, 1.807) is 7.11 Å². The van der Waals surface area contributed by atoms with Gasteiger partial charge in [0, 0.05) is 34.9 Å². The highest BCUT2D eigenvalue weighted by atomic mass is 35.5. The van der Waals surface area contributed by atoms with Crippen molar-refractivity contribution < 1.29 is 14.3 Å². The second-order valence-corrected chi connectivity index (χ2v) is 9.37. The maximum absolute atomic E-state index is 13.4. The summed E-state index contributed by atoms with van der Waals surface area (Å²) < 4.78 is 11.9. The summed E-state index contributed by atoms with van der Waals surface area (Å²) in [5.74, 6) is 2.35. The zero-order valence-electron chi connectivity index (χ0n) is 17.3. The highest BCUT2D eigenvalue weighted by molar-refractivity contribution is 6.30. The van der Waals surface area contributed by atoms with Gasteiger partial charge in [0.15, 0.2) is 5.78 Å². The second-order valence-electron chi connectivity index (χ2n) is 8.93. The topological polar surface area (TPSA) is 35.5 Å². The SMILES string of the molecule is COc1ccc2ccc3c(c2c1)C(c1ccc(Cl)cc1)C1=C(CC(C)(C)CC1=O)O3. The quantitative estimate of drug-likeness (QED) is 0.466. The minimum Gasteiger partial charge on any atom is -0.497 e. The minimum absolute atomic E-state index is 0.113. The Morgan fingerprint density at radius 1 is 1.03 bits per heavy atom. The smallest absolute Gasteiger partial charge is 0.163 e. The van der Waals surface area contributed by atoms with Crippen LogP contribution in [-0.2, 0) is 4.79 Å². The van der Waals surface area contributed by atoms with E-state index in [1.165, 1.54) is 0 Å². The van der Waals surface area contributed by atoms with E-state index >= 15 is 0 Å². The van der Waals surface area contributed by atoms with Gasteiger partial charge in [-0.1, -0.05) is 49.7 Å². The number of carbonyl (C=O) groups excluding carboxylic acids is 1. The van der Waals surface area contributed by atoms with E-state index in [2.05, 4.69) is 19.9 Å². The summed E-state index contributed by atoms with van der Waals surface area (Å²) in [6.07, 6.45) is 1.26. The lowest BCUT2D eigenvalue weighted by atomic mass is 9.69. The third kappa shape index (κ3) is 3.09. The van der Waals surface area contributed by atoms with Crippen molar-refractivity contribution >= 4 is 28.2 Å². The number of ketones is 1. The molecule has 0 radical (unpaired) electrons. The fourth-order valence-electron chi connectivity index (χ4n) is 4.77. The Kier molecular flexibility index (Phi) is 4.41. The van der Waals surface area contributed by atoms with Crippen LogP contribution < -0.4 is 9.47 Å². The van der Waals surface area contributed by atoms with Crippen molar-refractivity contribution in [2.45, 2.75) is 32.6 Å². The van der Waals surface area contributed by atoms with Crippen LogP contribution in [-0.4, -0.2) is 12.9 Å². The molecule has 0 aromatic heterocycles. The molecular weight excluding hydrogens is 396 g/mol. The molecule has 3 nitrogen and oxygen atoms in total. The molecule has 0 spiro atoms. The van der Waals surface area contributed by atoms with E-state index in [-0.39, 0.29) is 17.1 Å². The van der Waals surface area contributed by atoms with Crippen molar-refractivity contribution in [1.29, 1.82) is 0 Å². The third-order valence-corrected chi connectivity index (χ3v) is 6.38. The summed E-state index contributed by atoms with van der Waals surface area (Å²) in [6.45, 7) is 4.24. The zero-order valence-corrected chi connectivity index (χ0v) is 18.0. The maximum Gasteiger partial charge on any atom is 0.163 e. The molecule has 0 saturated heterocycles. The Balaban J connectivity index is 1.81. The van der Waals surface area contributed by atoms with Crippen molar-refractivity contribution in [2.75, 3.05) is 7.11 Å². The molecule has 0 amide bonds. The van der Waals surface area contributed by atoms with Crippen molar-refractivity contribution in [3.05, 3.63) is 82.1 Å². The number of fused-ring (bicyclic) bond motifs is 3. The molecule has 3 aromatic carbocycles. The van der Waals surface area contributed by atoms with Crippen molar-refractivity contribution in [1.82, 2.24) is 0 Å². The van der Waals surface area contributed by atoms with Crippen molar-refractivity contribution in [2.24, 2.45) is 5.41 Å². The summed E-state index contributed by atoms with van der Waals surface area (Å²) in [6, 6.07) is 17.9. The largest absolute Gasteiger partial charge is 0.497 e. The van der Waals surface area contributed by atoms with Gasteiger partial charge in [-0.25, -0.2) is 0 Å². The normalized spacial score (nSPS) is 19.9. The van der Waals surface area contributed by atoms with Crippen LogP contribution in [0.1, 0.15) is 43.7 Å². The number of benzene rings is 3. The van der Waals surface area contributed by atoms with E-state index < -0.39 is 0 Å². The summed E-state index contributed by atoms with van der Waals surface area (Å²) in [5.41, 5.74) is 2.72. The predicted molar refractivity (Wildman–Crippen MR) is 119 cm³/mol. The molecule has 0 saturated carbocycles. The molecule has 1 aliphatic heterocycles. The lowest BCUT2D eigenvalue weighted by molar-refractivity contribution is -0.118. The first-order chi connectivity index (χ1) is 14.4. The molecule has 0 fully saturated rings. The summed E-state index contributed by atoms with van der Waals surface area (Å²) in [7, 11) is 1.66. The fraction of sp³-hybridized carbons (Fsp3) is 0.269. The average Bonchev–Trinajstić information content (AvgIpc) is 2.71. The van der Waals surface area contributed by atoms with E-state index in [4.69, 9.17) is 21.1 Å². The molecular formula is C26H23ClO3. The second kappa shape index (κ2) is 6.88. The average molecular weight is 419 g/mol. The van der Waals surface area contributed by atoms with Gasteiger partial charge in [0.2, 0.25) is 0 Å². The van der Waals surface area contributed by atoms with Crippen LogP contribution in [0.3, 0.4) is 0 Å². The van der Waals surface area contributed by atoms with Gasteiger partial charge < -0.3 is 9.47 Å². The van der Waals surface area contributed by atoms with Crippen LogP contribution >= 0.6 is 11.6 Å². The van der Waals surface area contributed by atoms with Gasteiger partial charge in [-0.05, 0) is 52.1 Å². The van der Waals surface area contributed by atoms with E-state index in [0.717, 1.165) is 51.2 Å². The minimum atomic E-state index is -0.194. The van der Waals surface area contributed by atoms with Crippen LogP contribution in [0.4, 0.5) is 0 Å². The van der Waals surface area contributed by atoms with Gasteiger partial charge in [-0.15, -0.1) is 0 Å². The van der Waals surface area contributed by atoms with E-state index in [1.807, 2.05) is 48.5 Å². The number of methoxy groups -OCH3 is 1. The van der Waals surface area contributed by atoms with Gasteiger partial charge in [-0.2, -0.15) is 0 Å². The maximum atomic E-state index is 13.4. The summed E-state index contributed by atoms with van der Waals surface area (Å²) >= 11 is 6.17. The van der Waals surface area contributed by atoms with Crippen LogP contribution in [0.5, 0.6) is 11.5 Å². The number of Topliss-reactive ketones (excluding diaryl/α,β-unsaturated/α-hetero) is 1. The number of hydrogen-bond donors (Lipinski definition) is 0. The molecule has 1 unspecified atom stereocenters. The number of allylic oxidation sites excluding steroid dienone is 2. The highest BCUT2D eigenvalue weighted by Crippen LogP contribution is 2.52. The first-order valence-electron chi connectivity index (χ1n) is 10.2. The molecule has 0 bridgehead atoms. The summed E-state index contributed by atoms with van der Waals surface area (Å²) in [5, 5.41) is 2.80. The standard InChI is InChI=1S/C26H23ClO3/c1-26(2)13-20(28)25-22(14-26)30-21-11-7-15-6-10-18(29-3)12-19(15)24(21)23(25)16-4-8-17(27)9-5-16/h4-12,23H,13-14H2,1-3H3. The van der Waals surface area contributed by atoms with Gasteiger partial charge in [0.25, 0.3) is 0 Å². The fourth-order valence-corrected chi connectivity index (χ4v) is 4.90. The zero-order chi connectivity index (χ0) is 21.0. The molecule has 1 heterocycles. The first-order valence-corrected chi connectivity index (χ1v) is 10.5. The Labute approximate surface area is 181 Å². The van der Waals surface area contributed by atoms with Gasteiger partial charge in [-0.3, -0.25) is 4.79 Å². The first kappa shape index (κ1) is 19.2. The molecule has 2 aliphatic rings. The van der Waals surface area contributed by atoms with Crippen LogP contribution in [0.25, 0.3) is 10.8 Å². The molecule has 5 rings (SSSR count).